The van der Waals surface area contributed by atoms with Gasteiger partial charge in [0.25, 0.3) is 5.91 Å². The number of benzene rings is 3. The van der Waals surface area contributed by atoms with Gasteiger partial charge in [0.1, 0.15) is 24.1 Å². The number of imidazole rings is 1. The molecule has 7 rings (SSSR count). The number of amides is 1. The molecule has 2 aromatic heterocycles. The van der Waals surface area contributed by atoms with Crippen LogP contribution in [-0.4, -0.2) is 56.4 Å². The van der Waals surface area contributed by atoms with Crippen molar-refractivity contribution >= 4 is 22.9 Å². The number of carbonyl (C=O) groups is 1. The fraction of sp³-hybridized carbons (Fsp3) is 0.273. The molecule has 10 nitrogen and oxygen atoms in total. The Labute approximate surface area is 248 Å². The maximum absolute atomic E-state index is 12.9. The first-order valence-corrected chi connectivity index (χ1v) is 14.3. The zero-order valence-corrected chi connectivity index (χ0v) is 23.4. The highest BCUT2D eigenvalue weighted by Gasteiger charge is 2.60. The van der Waals surface area contributed by atoms with Gasteiger partial charge in [-0.1, -0.05) is 78.9 Å². The molecule has 0 unspecified atom stereocenters. The Kier molecular flexibility index (Phi) is 7.65. The number of nitrogens with zero attached hydrogens (tertiary/aromatic N) is 4. The molecule has 4 atom stereocenters. The third-order valence-electron chi connectivity index (χ3n) is 7.92. The molecule has 218 valence electrons. The van der Waals surface area contributed by atoms with E-state index in [0.29, 0.717) is 55.4 Å². The van der Waals surface area contributed by atoms with Crippen molar-refractivity contribution in [2.45, 2.75) is 43.7 Å². The predicted molar refractivity (Wildman–Crippen MR) is 158 cm³/mol. The van der Waals surface area contributed by atoms with Crippen LogP contribution in [-0.2, 0) is 32.2 Å². The maximum Gasteiger partial charge on any atom is 0.256 e. The van der Waals surface area contributed by atoms with E-state index in [4.69, 9.17) is 18.9 Å². The molecule has 1 amide bonds. The Hall–Kier alpha value is -4.48. The van der Waals surface area contributed by atoms with E-state index in [1.54, 1.807) is 18.5 Å². The van der Waals surface area contributed by atoms with E-state index >= 15 is 0 Å². The van der Waals surface area contributed by atoms with Gasteiger partial charge in [0, 0.05) is 12.0 Å². The van der Waals surface area contributed by atoms with Crippen molar-refractivity contribution in [1.82, 2.24) is 19.5 Å². The molecule has 3 aromatic carbocycles. The number of hydrogen-bond donors (Lipinski definition) is 1. The molecule has 1 N–H and O–H groups in total. The highest BCUT2D eigenvalue weighted by molar-refractivity contribution is 6.06. The number of anilines is 1. The fourth-order valence-corrected chi connectivity index (χ4v) is 5.79. The van der Waals surface area contributed by atoms with Crippen LogP contribution >= 0.6 is 0 Å². The average molecular weight is 578 g/mol. The zero-order valence-electron chi connectivity index (χ0n) is 23.4. The first kappa shape index (κ1) is 27.4. The van der Waals surface area contributed by atoms with E-state index in [1.807, 2.05) is 83.4 Å². The quantitative estimate of drug-likeness (QED) is 0.249. The Morgan fingerprint density at radius 3 is 2.35 bits per heavy atom. The molecule has 2 saturated heterocycles. The van der Waals surface area contributed by atoms with Crippen molar-refractivity contribution in [3.8, 4) is 0 Å². The van der Waals surface area contributed by atoms with Crippen molar-refractivity contribution in [3.05, 3.63) is 120 Å². The Bertz CT molecular complexity index is 1680. The van der Waals surface area contributed by atoms with Gasteiger partial charge in [-0.15, -0.1) is 0 Å². The number of aromatic nitrogens is 4. The Balaban J connectivity index is 1.17. The molecule has 2 aliphatic heterocycles. The summed E-state index contributed by atoms with van der Waals surface area (Å²) < 4.78 is 27.9. The first-order valence-electron chi connectivity index (χ1n) is 14.3. The molecule has 43 heavy (non-hydrogen) atoms. The van der Waals surface area contributed by atoms with E-state index < -0.39 is 24.0 Å². The summed E-state index contributed by atoms with van der Waals surface area (Å²) in [6, 6.07) is 29.1. The maximum atomic E-state index is 12.9. The van der Waals surface area contributed by atoms with Crippen LogP contribution in [0.25, 0.3) is 11.2 Å². The molecule has 2 aliphatic rings. The summed E-state index contributed by atoms with van der Waals surface area (Å²) in [5.41, 5.74) is 2.89. The van der Waals surface area contributed by atoms with Gasteiger partial charge >= 0.3 is 0 Å². The molecular formula is C33H31N5O5. The minimum absolute atomic E-state index is 0.282. The van der Waals surface area contributed by atoms with Gasteiger partial charge in [0.15, 0.2) is 23.2 Å². The van der Waals surface area contributed by atoms with Crippen molar-refractivity contribution in [2.75, 3.05) is 18.5 Å². The second-order valence-electron chi connectivity index (χ2n) is 10.7. The van der Waals surface area contributed by atoms with Gasteiger partial charge in [-0.3, -0.25) is 9.36 Å². The lowest BCUT2D eigenvalue weighted by molar-refractivity contribution is -0.178. The van der Waals surface area contributed by atoms with Crippen molar-refractivity contribution in [2.24, 2.45) is 0 Å². The standard InChI is InChI=1S/C33H31N5O5/c39-31(25-14-8-3-9-15-25)37-29-26-30(35-21-34-29)38(22-36-26)32-27-28(42-19-24-12-6-2-7-13-24)33(43-32,16-17-41-27)20-40-18-23-10-4-1-5-11-23/h1-15,21-22,27-28,32H,16-20H2,(H,34,35,37,39)/t27-,28+,32-,33-/m1/s1. The molecule has 0 spiro atoms. The van der Waals surface area contributed by atoms with Crippen LogP contribution in [0.2, 0.25) is 0 Å². The molecule has 10 heteroatoms. The van der Waals surface area contributed by atoms with Gasteiger partial charge in [-0.05, 0) is 23.3 Å². The number of fused-ring (bicyclic) bond motifs is 3. The first-order chi connectivity index (χ1) is 21.2. The van der Waals surface area contributed by atoms with Crippen LogP contribution in [0, 0.1) is 0 Å². The Morgan fingerprint density at radius 1 is 0.907 bits per heavy atom. The van der Waals surface area contributed by atoms with E-state index in [9.17, 15) is 4.79 Å². The van der Waals surface area contributed by atoms with Crippen molar-refractivity contribution in [1.29, 1.82) is 0 Å². The third-order valence-corrected chi connectivity index (χ3v) is 7.92. The molecule has 5 aromatic rings. The SMILES string of the molecule is O=C(Nc1ncnc2c1ncn2[C@@H]1O[C@@]2(COCc3ccccc3)CCO[C@@H]1[C@@H]2OCc1ccccc1)c1ccccc1. The molecular weight excluding hydrogens is 546 g/mol. The average Bonchev–Trinajstić information content (AvgIpc) is 3.55. The summed E-state index contributed by atoms with van der Waals surface area (Å²) in [5, 5.41) is 2.87. The zero-order chi connectivity index (χ0) is 29.1. The minimum atomic E-state index is -0.745. The lowest BCUT2D eigenvalue weighted by Crippen LogP contribution is -2.53. The smallest absolute Gasteiger partial charge is 0.256 e. The molecule has 2 bridgehead atoms. The number of carbonyl (C=O) groups excluding carboxylic acids is 1. The highest BCUT2D eigenvalue weighted by atomic mass is 16.6. The van der Waals surface area contributed by atoms with E-state index in [0.717, 1.165) is 11.1 Å². The minimum Gasteiger partial charge on any atom is -0.374 e. The lowest BCUT2D eigenvalue weighted by atomic mass is 9.90. The predicted octanol–water partition coefficient (Wildman–Crippen LogP) is 4.94. The van der Waals surface area contributed by atoms with Crippen molar-refractivity contribution < 1.29 is 23.7 Å². The number of nitrogens with one attached hydrogen (secondary N) is 1. The van der Waals surface area contributed by atoms with Crippen LogP contribution in [0.4, 0.5) is 5.82 Å². The van der Waals surface area contributed by atoms with Crippen LogP contribution < -0.4 is 5.32 Å². The molecule has 2 fully saturated rings. The van der Waals surface area contributed by atoms with Crippen LogP contribution in [0.15, 0.2) is 104 Å². The van der Waals surface area contributed by atoms with Crippen LogP contribution in [0.5, 0.6) is 0 Å². The summed E-state index contributed by atoms with van der Waals surface area (Å²) in [6.45, 7) is 1.70. The molecule has 0 saturated carbocycles. The summed E-state index contributed by atoms with van der Waals surface area (Å²) in [4.78, 5) is 26.3. The van der Waals surface area contributed by atoms with Gasteiger partial charge in [0.2, 0.25) is 0 Å². The summed E-state index contributed by atoms with van der Waals surface area (Å²) in [6.07, 6.45) is 2.24. The molecule has 0 aliphatic carbocycles. The fourth-order valence-electron chi connectivity index (χ4n) is 5.79. The highest BCUT2D eigenvalue weighted by Crippen LogP contribution is 2.47. The van der Waals surface area contributed by atoms with E-state index in [2.05, 4.69) is 20.3 Å². The third kappa shape index (κ3) is 5.53. The van der Waals surface area contributed by atoms with Crippen molar-refractivity contribution in [3.63, 3.8) is 0 Å². The Morgan fingerprint density at radius 2 is 1.60 bits per heavy atom. The van der Waals surface area contributed by atoms with E-state index in [1.165, 1.54) is 6.33 Å². The topological polar surface area (TPSA) is 110 Å². The van der Waals surface area contributed by atoms with Gasteiger partial charge in [-0.25, -0.2) is 15.0 Å². The van der Waals surface area contributed by atoms with E-state index in [-0.39, 0.29) is 5.91 Å². The lowest BCUT2D eigenvalue weighted by Gasteiger charge is -2.38. The number of hydrogen-bond acceptors (Lipinski definition) is 8. The van der Waals surface area contributed by atoms with Crippen LogP contribution in [0.3, 0.4) is 0 Å². The second kappa shape index (κ2) is 12.0. The normalized spacial score (nSPS) is 22.9. The summed E-state index contributed by atoms with van der Waals surface area (Å²) in [5.74, 6) is 0.0348. The van der Waals surface area contributed by atoms with Gasteiger partial charge < -0.3 is 24.3 Å². The molecule has 4 heterocycles. The second-order valence-corrected chi connectivity index (χ2v) is 10.7. The monoisotopic (exact) mass is 577 g/mol. The van der Waals surface area contributed by atoms with Gasteiger partial charge in [-0.2, -0.15) is 0 Å². The molecule has 0 radical (unpaired) electrons. The number of rotatable bonds is 10. The largest absolute Gasteiger partial charge is 0.374 e. The van der Waals surface area contributed by atoms with Gasteiger partial charge in [0.05, 0.1) is 32.8 Å². The summed E-state index contributed by atoms with van der Waals surface area (Å²) in [7, 11) is 0. The van der Waals surface area contributed by atoms with Crippen LogP contribution in [0.1, 0.15) is 34.1 Å². The summed E-state index contributed by atoms with van der Waals surface area (Å²) >= 11 is 0. The number of ether oxygens (including phenoxy) is 4.